The van der Waals surface area contributed by atoms with Crippen LogP contribution in [-0.4, -0.2) is 11.5 Å². The van der Waals surface area contributed by atoms with Crippen molar-refractivity contribution in [3.63, 3.8) is 0 Å². The van der Waals surface area contributed by atoms with Gasteiger partial charge in [0, 0.05) is 30.1 Å². The maximum Gasteiger partial charge on any atom is 0.138 e. The summed E-state index contributed by atoms with van der Waals surface area (Å²) in [4.78, 5) is 4.19. The Hall–Kier alpha value is -1.39. The van der Waals surface area contributed by atoms with Crippen LogP contribution >= 0.6 is 15.9 Å². The average Bonchev–Trinajstić information content (AvgIpc) is 2.44. The molecular formula is C16H19BrN2O. The van der Waals surface area contributed by atoms with Gasteiger partial charge in [-0.1, -0.05) is 19.1 Å². The van der Waals surface area contributed by atoms with Gasteiger partial charge >= 0.3 is 0 Å². The second kappa shape index (κ2) is 7.41. The number of nitrogens with zero attached hydrogens (tertiary/aromatic N) is 1. The van der Waals surface area contributed by atoms with Crippen LogP contribution in [0, 0.1) is 6.92 Å². The largest absolute Gasteiger partial charge is 0.487 e. The summed E-state index contributed by atoms with van der Waals surface area (Å²) in [5.74, 6) is 0.898. The minimum Gasteiger partial charge on any atom is -0.487 e. The third-order valence-corrected chi connectivity index (χ3v) is 3.55. The standard InChI is InChI=1S/C16H19BrN2O/c1-3-18-10-14-5-4-6-15(17)16(14)20-11-13-7-12(2)8-19-9-13/h4-9,18H,3,10-11H2,1-2H3. The molecule has 0 unspecified atom stereocenters. The van der Waals surface area contributed by atoms with E-state index in [1.807, 2.05) is 31.5 Å². The van der Waals surface area contributed by atoms with Gasteiger partial charge in [-0.15, -0.1) is 0 Å². The molecule has 0 aliphatic carbocycles. The van der Waals surface area contributed by atoms with E-state index in [0.717, 1.165) is 40.0 Å². The molecule has 3 nitrogen and oxygen atoms in total. The molecule has 0 atom stereocenters. The van der Waals surface area contributed by atoms with E-state index >= 15 is 0 Å². The van der Waals surface area contributed by atoms with Crippen molar-refractivity contribution in [2.24, 2.45) is 0 Å². The van der Waals surface area contributed by atoms with Crippen LogP contribution in [0.1, 0.15) is 23.6 Å². The molecule has 0 aliphatic rings. The Labute approximate surface area is 128 Å². The van der Waals surface area contributed by atoms with Crippen LogP contribution in [0.2, 0.25) is 0 Å². The quantitative estimate of drug-likeness (QED) is 0.871. The second-order valence-corrected chi connectivity index (χ2v) is 5.52. The zero-order valence-electron chi connectivity index (χ0n) is 11.8. The van der Waals surface area contributed by atoms with Crippen molar-refractivity contribution >= 4 is 15.9 Å². The van der Waals surface area contributed by atoms with Crippen molar-refractivity contribution in [1.29, 1.82) is 0 Å². The molecule has 1 N–H and O–H groups in total. The van der Waals surface area contributed by atoms with Crippen molar-refractivity contribution < 1.29 is 4.74 Å². The zero-order chi connectivity index (χ0) is 14.4. The molecule has 0 spiro atoms. The van der Waals surface area contributed by atoms with E-state index in [2.05, 4.69) is 45.3 Å². The predicted octanol–water partition coefficient (Wildman–Crippen LogP) is 3.84. The van der Waals surface area contributed by atoms with Gasteiger partial charge in [0.15, 0.2) is 0 Å². The van der Waals surface area contributed by atoms with E-state index in [4.69, 9.17) is 4.74 Å². The Kier molecular flexibility index (Phi) is 5.56. The molecule has 106 valence electrons. The van der Waals surface area contributed by atoms with Gasteiger partial charge in [-0.3, -0.25) is 4.98 Å². The molecular weight excluding hydrogens is 316 g/mol. The Morgan fingerprint density at radius 2 is 2.15 bits per heavy atom. The fourth-order valence-corrected chi connectivity index (χ4v) is 2.49. The maximum atomic E-state index is 5.98. The molecule has 0 saturated carbocycles. The second-order valence-electron chi connectivity index (χ2n) is 4.67. The summed E-state index contributed by atoms with van der Waals surface area (Å²) in [6.45, 7) is 6.39. The van der Waals surface area contributed by atoms with E-state index in [1.54, 1.807) is 0 Å². The van der Waals surface area contributed by atoms with Gasteiger partial charge in [0.1, 0.15) is 12.4 Å². The highest BCUT2D eigenvalue weighted by Crippen LogP contribution is 2.29. The summed E-state index contributed by atoms with van der Waals surface area (Å²) in [5.41, 5.74) is 3.38. The summed E-state index contributed by atoms with van der Waals surface area (Å²) in [6.07, 6.45) is 3.69. The highest BCUT2D eigenvalue weighted by molar-refractivity contribution is 9.10. The number of halogens is 1. The molecule has 2 aromatic rings. The van der Waals surface area contributed by atoms with Crippen molar-refractivity contribution in [3.05, 3.63) is 57.8 Å². The summed E-state index contributed by atoms with van der Waals surface area (Å²) < 4.78 is 6.96. The number of benzene rings is 1. The summed E-state index contributed by atoms with van der Waals surface area (Å²) in [6, 6.07) is 8.20. The van der Waals surface area contributed by atoms with E-state index in [-0.39, 0.29) is 0 Å². The first-order valence-corrected chi connectivity index (χ1v) is 7.51. The number of pyridine rings is 1. The first kappa shape index (κ1) is 15.0. The van der Waals surface area contributed by atoms with Gasteiger partial charge in [0.25, 0.3) is 0 Å². The van der Waals surface area contributed by atoms with Crippen LogP contribution in [0.15, 0.2) is 41.1 Å². The summed E-state index contributed by atoms with van der Waals surface area (Å²) in [5, 5.41) is 3.33. The summed E-state index contributed by atoms with van der Waals surface area (Å²) >= 11 is 3.56. The number of hydrogen-bond donors (Lipinski definition) is 1. The third kappa shape index (κ3) is 4.05. The lowest BCUT2D eigenvalue weighted by molar-refractivity contribution is 0.299. The topological polar surface area (TPSA) is 34.1 Å². The van der Waals surface area contributed by atoms with E-state index in [1.165, 1.54) is 0 Å². The van der Waals surface area contributed by atoms with Gasteiger partial charge in [-0.05, 0) is 47.1 Å². The minimum absolute atomic E-state index is 0.524. The van der Waals surface area contributed by atoms with Crippen molar-refractivity contribution in [2.75, 3.05) is 6.54 Å². The number of hydrogen-bond acceptors (Lipinski definition) is 3. The van der Waals surface area contributed by atoms with Crippen molar-refractivity contribution in [2.45, 2.75) is 27.0 Å². The first-order valence-electron chi connectivity index (χ1n) is 6.72. The molecule has 0 aliphatic heterocycles. The molecule has 0 saturated heterocycles. The van der Waals surface area contributed by atoms with Gasteiger partial charge in [0.05, 0.1) is 4.47 Å². The van der Waals surface area contributed by atoms with Gasteiger partial charge in [-0.2, -0.15) is 0 Å². The highest BCUT2D eigenvalue weighted by atomic mass is 79.9. The zero-order valence-corrected chi connectivity index (χ0v) is 13.4. The number of aromatic nitrogens is 1. The third-order valence-electron chi connectivity index (χ3n) is 2.93. The number of nitrogens with one attached hydrogen (secondary N) is 1. The molecule has 1 aromatic heterocycles. The van der Waals surface area contributed by atoms with Crippen LogP contribution in [0.25, 0.3) is 0 Å². The maximum absolute atomic E-state index is 5.98. The molecule has 4 heteroatoms. The lowest BCUT2D eigenvalue weighted by atomic mass is 10.2. The van der Waals surface area contributed by atoms with Crippen LogP contribution in [0.5, 0.6) is 5.75 Å². The Bertz CT molecular complexity index is 572. The Morgan fingerprint density at radius 1 is 1.30 bits per heavy atom. The predicted molar refractivity (Wildman–Crippen MR) is 84.8 cm³/mol. The van der Waals surface area contributed by atoms with Gasteiger partial charge < -0.3 is 10.1 Å². The summed E-state index contributed by atoms with van der Waals surface area (Å²) in [7, 11) is 0. The molecule has 0 fully saturated rings. The molecule has 2 rings (SSSR count). The van der Waals surface area contributed by atoms with Crippen LogP contribution in [-0.2, 0) is 13.2 Å². The number of rotatable bonds is 6. The van der Waals surface area contributed by atoms with Crippen molar-refractivity contribution in [1.82, 2.24) is 10.3 Å². The normalized spacial score (nSPS) is 10.6. The molecule has 0 bridgehead atoms. The molecule has 1 heterocycles. The monoisotopic (exact) mass is 334 g/mol. The Balaban J connectivity index is 2.11. The molecule has 1 aromatic carbocycles. The Morgan fingerprint density at radius 3 is 2.90 bits per heavy atom. The molecule has 20 heavy (non-hydrogen) atoms. The fraction of sp³-hybridized carbons (Fsp3) is 0.312. The SMILES string of the molecule is CCNCc1cccc(Br)c1OCc1cncc(C)c1. The minimum atomic E-state index is 0.524. The van der Waals surface area contributed by atoms with E-state index in [0.29, 0.717) is 6.61 Å². The van der Waals surface area contributed by atoms with Crippen LogP contribution in [0.4, 0.5) is 0 Å². The molecule has 0 radical (unpaired) electrons. The molecule has 0 amide bonds. The number of aryl methyl sites for hydroxylation is 1. The van der Waals surface area contributed by atoms with E-state index < -0.39 is 0 Å². The van der Waals surface area contributed by atoms with Gasteiger partial charge in [0.2, 0.25) is 0 Å². The lowest BCUT2D eigenvalue weighted by Crippen LogP contribution is -2.13. The number of ether oxygens (including phenoxy) is 1. The van der Waals surface area contributed by atoms with Crippen LogP contribution in [0.3, 0.4) is 0 Å². The first-order chi connectivity index (χ1) is 9.70. The van der Waals surface area contributed by atoms with Crippen LogP contribution < -0.4 is 10.1 Å². The smallest absolute Gasteiger partial charge is 0.138 e. The number of para-hydroxylation sites is 1. The van der Waals surface area contributed by atoms with Gasteiger partial charge in [-0.25, -0.2) is 0 Å². The fourth-order valence-electron chi connectivity index (χ4n) is 1.97. The van der Waals surface area contributed by atoms with E-state index in [9.17, 15) is 0 Å². The average molecular weight is 335 g/mol. The highest BCUT2D eigenvalue weighted by Gasteiger charge is 2.08. The lowest BCUT2D eigenvalue weighted by Gasteiger charge is -2.13. The van der Waals surface area contributed by atoms with Crippen molar-refractivity contribution in [3.8, 4) is 5.75 Å².